The van der Waals surface area contributed by atoms with Crippen LogP contribution in [0.4, 0.5) is 17.5 Å². The van der Waals surface area contributed by atoms with Crippen molar-refractivity contribution >= 4 is 17.5 Å². The minimum absolute atomic E-state index is 0.451. The van der Waals surface area contributed by atoms with Crippen LogP contribution < -0.4 is 10.6 Å². The molecule has 2 heterocycles. The molecule has 0 aliphatic heterocycles. The van der Waals surface area contributed by atoms with E-state index in [4.69, 9.17) is 4.42 Å². The number of hydrogen-bond acceptors (Lipinski definition) is 6. The second-order valence-electron chi connectivity index (χ2n) is 5.50. The maximum Gasteiger partial charge on any atom is 0.249 e. The lowest BCUT2D eigenvalue weighted by Gasteiger charge is -2.09. The molecule has 0 bridgehead atoms. The van der Waals surface area contributed by atoms with Gasteiger partial charge in [-0.3, -0.25) is 0 Å². The predicted octanol–water partition coefficient (Wildman–Crippen LogP) is 3.94. The van der Waals surface area contributed by atoms with Gasteiger partial charge in [0, 0.05) is 5.69 Å². The smallest absolute Gasteiger partial charge is 0.249 e. The molecule has 23 heavy (non-hydrogen) atoms. The quantitative estimate of drug-likeness (QED) is 0.718. The van der Waals surface area contributed by atoms with Gasteiger partial charge in [-0.1, -0.05) is 26.0 Å². The van der Waals surface area contributed by atoms with Crippen molar-refractivity contribution in [3.05, 3.63) is 60.2 Å². The Labute approximate surface area is 135 Å². The van der Waals surface area contributed by atoms with E-state index in [0.717, 1.165) is 11.4 Å². The van der Waals surface area contributed by atoms with E-state index < -0.39 is 0 Å². The minimum Gasteiger partial charge on any atom is -0.467 e. The first-order chi connectivity index (χ1) is 11.2. The molecule has 0 amide bonds. The highest BCUT2D eigenvalue weighted by atomic mass is 16.3. The Hall–Kier alpha value is -2.89. The molecule has 0 atom stereocenters. The van der Waals surface area contributed by atoms with Gasteiger partial charge in [-0.25, -0.2) is 0 Å². The van der Waals surface area contributed by atoms with E-state index in [2.05, 4.69) is 51.8 Å². The SMILES string of the molecule is CC(C)c1ccc(Nc2nncc(NCc3ccco3)n2)cc1. The summed E-state index contributed by atoms with van der Waals surface area (Å²) in [5, 5.41) is 14.3. The van der Waals surface area contributed by atoms with Gasteiger partial charge in [0.05, 0.1) is 19.0 Å². The molecule has 3 rings (SSSR count). The molecule has 3 aromatic rings. The first kappa shape index (κ1) is 15.0. The fourth-order valence-corrected chi connectivity index (χ4v) is 2.11. The Morgan fingerprint density at radius 3 is 2.65 bits per heavy atom. The largest absolute Gasteiger partial charge is 0.467 e. The summed E-state index contributed by atoms with van der Waals surface area (Å²) in [6.45, 7) is 4.89. The van der Waals surface area contributed by atoms with E-state index in [1.54, 1.807) is 12.5 Å². The van der Waals surface area contributed by atoms with Crippen LogP contribution in [0.15, 0.2) is 53.3 Å². The molecule has 0 saturated carbocycles. The number of benzene rings is 1. The molecule has 118 valence electrons. The standard InChI is InChI=1S/C17H19N5O/c1-12(2)13-5-7-14(8-6-13)20-17-21-16(11-19-22-17)18-10-15-4-3-9-23-15/h3-9,11-12H,10H2,1-2H3,(H2,18,20,21,22). The van der Waals surface area contributed by atoms with Crippen LogP contribution in [0, 0.1) is 0 Å². The van der Waals surface area contributed by atoms with Crippen LogP contribution in [0.1, 0.15) is 31.1 Å². The van der Waals surface area contributed by atoms with E-state index >= 15 is 0 Å². The van der Waals surface area contributed by atoms with E-state index in [-0.39, 0.29) is 0 Å². The van der Waals surface area contributed by atoms with Gasteiger partial charge in [-0.15, -0.1) is 5.10 Å². The molecule has 2 N–H and O–H groups in total. The third kappa shape index (κ3) is 4.06. The molecule has 0 aliphatic carbocycles. The Bertz CT molecular complexity index is 738. The van der Waals surface area contributed by atoms with Gasteiger partial charge in [0.2, 0.25) is 5.95 Å². The fourth-order valence-electron chi connectivity index (χ4n) is 2.11. The summed E-state index contributed by atoms with van der Waals surface area (Å²) in [6, 6.07) is 12.0. The zero-order chi connectivity index (χ0) is 16.1. The maximum absolute atomic E-state index is 5.27. The Morgan fingerprint density at radius 1 is 1.13 bits per heavy atom. The Morgan fingerprint density at radius 2 is 1.96 bits per heavy atom. The molecular weight excluding hydrogens is 290 g/mol. The summed E-state index contributed by atoms with van der Waals surface area (Å²) in [5.41, 5.74) is 2.22. The molecule has 2 aromatic heterocycles. The van der Waals surface area contributed by atoms with E-state index in [0.29, 0.717) is 24.2 Å². The summed E-state index contributed by atoms with van der Waals surface area (Å²) < 4.78 is 5.27. The lowest BCUT2D eigenvalue weighted by atomic mass is 10.0. The number of nitrogens with zero attached hydrogens (tertiary/aromatic N) is 3. The fraction of sp³-hybridized carbons (Fsp3) is 0.235. The van der Waals surface area contributed by atoms with Crippen molar-refractivity contribution in [2.75, 3.05) is 10.6 Å². The molecule has 0 unspecified atom stereocenters. The predicted molar refractivity (Wildman–Crippen MR) is 89.7 cm³/mol. The monoisotopic (exact) mass is 309 g/mol. The molecule has 0 aliphatic rings. The number of anilines is 3. The molecule has 0 spiro atoms. The first-order valence-electron chi connectivity index (χ1n) is 7.53. The molecule has 6 heteroatoms. The van der Waals surface area contributed by atoms with Crippen molar-refractivity contribution in [3.8, 4) is 0 Å². The topological polar surface area (TPSA) is 75.9 Å². The van der Waals surface area contributed by atoms with Crippen molar-refractivity contribution < 1.29 is 4.42 Å². The van der Waals surface area contributed by atoms with Crippen LogP contribution in [0.25, 0.3) is 0 Å². The molecule has 1 aromatic carbocycles. The summed E-state index contributed by atoms with van der Waals surface area (Å²) in [7, 11) is 0. The summed E-state index contributed by atoms with van der Waals surface area (Å²) in [4.78, 5) is 4.39. The van der Waals surface area contributed by atoms with Crippen LogP contribution >= 0.6 is 0 Å². The van der Waals surface area contributed by atoms with Crippen molar-refractivity contribution in [2.24, 2.45) is 0 Å². The number of hydrogen-bond donors (Lipinski definition) is 2. The normalized spacial score (nSPS) is 10.7. The average Bonchev–Trinajstić information content (AvgIpc) is 3.07. The zero-order valence-corrected chi connectivity index (χ0v) is 13.2. The Kier molecular flexibility index (Phi) is 4.52. The number of nitrogens with one attached hydrogen (secondary N) is 2. The van der Waals surface area contributed by atoms with E-state index in [9.17, 15) is 0 Å². The lowest BCUT2D eigenvalue weighted by Crippen LogP contribution is -2.05. The van der Waals surface area contributed by atoms with Gasteiger partial charge in [0.1, 0.15) is 5.76 Å². The van der Waals surface area contributed by atoms with Gasteiger partial charge in [-0.05, 0) is 35.7 Å². The second-order valence-corrected chi connectivity index (χ2v) is 5.50. The molecular formula is C17H19N5O. The maximum atomic E-state index is 5.27. The van der Waals surface area contributed by atoms with Crippen LogP contribution in [0.3, 0.4) is 0 Å². The second kappa shape index (κ2) is 6.91. The summed E-state index contributed by atoms with van der Waals surface area (Å²) in [5.74, 6) is 2.43. The molecule has 0 fully saturated rings. The minimum atomic E-state index is 0.451. The summed E-state index contributed by atoms with van der Waals surface area (Å²) in [6.07, 6.45) is 3.22. The van der Waals surface area contributed by atoms with Crippen molar-refractivity contribution in [2.45, 2.75) is 26.3 Å². The van der Waals surface area contributed by atoms with Gasteiger partial charge in [0.25, 0.3) is 0 Å². The van der Waals surface area contributed by atoms with Crippen LogP contribution in [0.2, 0.25) is 0 Å². The van der Waals surface area contributed by atoms with Crippen LogP contribution in [0.5, 0.6) is 0 Å². The highest BCUT2D eigenvalue weighted by Gasteiger charge is 2.03. The van der Waals surface area contributed by atoms with Gasteiger partial charge >= 0.3 is 0 Å². The third-order valence-corrected chi connectivity index (χ3v) is 3.42. The van der Waals surface area contributed by atoms with Gasteiger partial charge in [-0.2, -0.15) is 10.1 Å². The van der Waals surface area contributed by atoms with E-state index in [1.807, 2.05) is 24.3 Å². The average molecular weight is 309 g/mol. The number of rotatable bonds is 6. The third-order valence-electron chi connectivity index (χ3n) is 3.42. The lowest BCUT2D eigenvalue weighted by molar-refractivity contribution is 0.517. The molecule has 0 radical (unpaired) electrons. The van der Waals surface area contributed by atoms with Crippen molar-refractivity contribution in [1.82, 2.24) is 15.2 Å². The van der Waals surface area contributed by atoms with Crippen molar-refractivity contribution in [1.29, 1.82) is 0 Å². The summed E-state index contributed by atoms with van der Waals surface area (Å²) >= 11 is 0. The molecule has 6 nitrogen and oxygen atoms in total. The van der Waals surface area contributed by atoms with Gasteiger partial charge < -0.3 is 15.1 Å². The molecule has 0 saturated heterocycles. The first-order valence-corrected chi connectivity index (χ1v) is 7.53. The highest BCUT2D eigenvalue weighted by molar-refractivity contribution is 5.54. The van der Waals surface area contributed by atoms with Crippen molar-refractivity contribution in [3.63, 3.8) is 0 Å². The van der Waals surface area contributed by atoms with E-state index in [1.165, 1.54) is 5.56 Å². The number of aromatic nitrogens is 3. The highest BCUT2D eigenvalue weighted by Crippen LogP contribution is 2.19. The zero-order valence-electron chi connectivity index (χ0n) is 13.2. The number of furan rings is 1. The van der Waals surface area contributed by atoms with Crippen LogP contribution in [-0.2, 0) is 6.54 Å². The Balaban J connectivity index is 1.64. The van der Waals surface area contributed by atoms with Gasteiger partial charge in [0.15, 0.2) is 5.82 Å². The van der Waals surface area contributed by atoms with Crippen LogP contribution in [-0.4, -0.2) is 15.2 Å².